The molecular weight excluding hydrogens is 444 g/mol. The van der Waals surface area contributed by atoms with Gasteiger partial charge in [-0.1, -0.05) is 29.8 Å². The number of sulfonamides is 1. The maximum absolute atomic E-state index is 13.3. The Labute approximate surface area is 183 Å². The first-order valence-corrected chi connectivity index (χ1v) is 13.4. The van der Waals surface area contributed by atoms with Crippen LogP contribution in [0, 0.1) is 0 Å². The van der Waals surface area contributed by atoms with Crippen LogP contribution in [0.25, 0.3) is 0 Å². The number of nitrogens with zero attached hydrogens (tertiary/aromatic N) is 2. The standard InChI is InChI=1S/C21H25ClN2O4S2/c22-20-9-8-19(29(25,26)18-6-2-1-3-7-18)16-21(20)30(27,28)24-14-10-17(11-15-24)23-12-4-5-13-23/h1-3,6-9,16-17H,4-5,10-15H2. The molecular formula is C21H25ClN2O4S2. The number of benzene rings is 2. The fraction of sp³-hybridized carbons (Fsp3) is 0.429. The van der Waals surface area contributed by atoms with Gasteiger partial charge in [0.1, 0.15) is 4.90 Å². The highest BCUT2D eigenvalue weighted by molar-refractivity contribution is 7.91. The Balaban J connectivity index is 1.59. The van der Waals surface area contributed by atoms with Crippen LogP contribution >= 0.6 is 11.6 Å². The predicted molar refractivity (Wildman–Crippen MR) is 116 cm³/mol. The van der Waals surface area contributed by atoms with Crippen molar-refractivity contribution in [3.63, 3.8) is 0 Å². The summed E-state index contributed by atoms with van der Waals surface area (Å²) in [5, 5.41) is 0.0312. The Kier molecular flexibility index (Phi) is 6.23. The molecule has 0 bridgehead atoms. The minimum Gasteiger partial charge on any atom is -0.300 e. The van der Waals surface area contributed by atoms with E-state index in [9.17, 15) is 16.8 Å². The first-order chi connectivity index (χ1) is 14.3. The van der Waals surface area contributed by atoms with Crippen LogP contribution in [0.4, 0.5) is 0 Å². The second-order valence-electron chi connectivity index (χ2n) is 7.79. The highest BCUT2D eigenvalue weighted by Crippen LogP contribution is 2.32. The van der Waals surface area contributed by atoms with Gasteiger partial charge in [0.2, 0.25) is 19.9 Å². The van der Waals surface area contributed by atoms with E-state index in [1.54, 1.807) is 18.2 Å². The summed E-state index contributed by atoms with van der Waals surface area (Å²) in [6.07, 6.45) is 3.96. The molecule has 0 aliphatic carbocycles. The first-order valence-electron chi connectivity index (χ1n) is 10.1. The van der Waals surface area contributed by atoms with Crippen LogP contribution in [-0.4, -0.2) is 58.3 Å². The molecule has 2 saturated heterocycles. The molecule has 0 unspecified atom stereocenters. The summed E-state index contributed by atoms with van der Waals surface area (Å²) in [6.45, 7) is 3.00. The molecule has 2 aromatic carbocycles. The van der Waals surface area contributed by atoms with Gasteiger partial charge in [0.05, 0.1) is 14.8 Å². The summed E-state index contributed by atoms with van der Waals surface area (Å²) < 4.78 is 53.9. The minimum atomic E-state index is -3.89. The highest BCUT2D eigenvalue weighted by Gasteiger charge is 2.34. The molecule has 2 fully saturated rings. The van der Waals surface area contributed by atoms with Crippen LogP contribution in [0.2, 0.25) is 5.02 Å². The van der Waals surface area contributed by atoms with Crippen LogP contribution in [0.5, 0.6) is 0 Å². The van der Waals surface area contributed by atoms with Crippen molar-refractivity contribution < 1.29 is 16.8 Å². The molecule has 0 N–H and O–H groups in total. The monoisotopic (exact) mass is 468 g/mol. The third kappa shape index (κ3) is 4.16. The molecule has 0 aromatic heterocycles. The van der Waals surface area contributed by atoms with Gasteiger partial charge in [-0.15, -0.1) is 0 Å². The van der Waals surface area contributed by atoms with Gasteiger partial charge in [0.25, 0.3) is 0 Å². The molecule has 162 valence electrons. The maximum atomic E-state index is 13.3. The van der Waals surface area contributed by atoms with Gasteiger partial charge in [-0.2, -0.15) is 4.31 Å². The second-order valence-corrected chi connectivity index (χ2v) is 12.1. The zero-order valence-electron chi connectivity index (χ0n) is 16.6. The molecule has 4 rings (SSSR count). The lowest BCUT2D eigenvalue weighted by molar-refractivity contribution is 0.168. The Morgan fingerprint density at radius 2 is 1.43 bits per heavy atom. The van der Waals surface area contributed by atoms with E-state index in [0.717, 1.165) is 25.9 Å². The number of sulfone groups is 1. The zero-order valence-corrected chi connectivity index (χ0v) is 19.0. The van der Waals surface area contributed by atoms with E-state index in [-0.39, 0.29) is 19.7 Å². The third-order valence-corrected chi connectivity index (χ3v) is 10.1. The first kappa shape index (κ1) is 21.8. The minimum absolute atomic E-state index is 0.0312. The number of rotatable bonds is 5. The molecule has 0 amide bonds. The number of hydrogen-bond donors (Lipinski definition) is 0. The van der Waals surface area contributed by atoms with Gasteiger partial charge >= 0.3 is 0 Å². The number of halogens is 1. The predicted octanol–water partition coefficient (Wildman–Crippen LogP) is 3.42. The fourth-order valence-electron chi connectivity index (χ4n) is 4.28. The smallest absolute Gasteiger partial charge is 0.244 e. The van der Waals surface area contributed by atoms with Crippen LogP contribution in [0.1, 0.15) is 25.7 Å². The summed E-state index contributed by atoms with van der Waals surface area (Å²) in [6, 6.07) is 12.3. The van der Waals surface area contributed by atoms with Gasteiger partial charge in [-0.3, -0.25) is 0 Å². The van der Waals surface area contributed by atoms with Crippen molar-refractivity contribution >= 4 is 31.5 Å². The molecule has 9 heteroatoms. The average Bonchev–Trinajstić information content (AvgIpc) is 3.29. The van der Waals surface area contributed by atoms with Crippen LogP contribution in [-0.2, 0) is 19.9 Å². The van der Waals surface area contributed by atoms with Crippen molar-refractivity contribution in [3.05, 3.63) is 53.6 Å². The molecule has 30 heavy (non-hydrogen) atoms. The molecule has 0 atom stereocenters. The number of hydrogen-bond acceptors (Lipinski definition) is 5. The fourth-order valence-corrected chi connectivity index (χ4v) is 7.63. The molecule has 6 nitrogen and oxygen atoms in total. The van der Waals surface area contributed by atoms with Gasteiger partial charge in [0, 0.05) is 19.1 Å². The summed E-state index contributed by atoms with van der Waals surface area (Å²) in [5.41, 5.74) is 0. The normalized spacial score (nSPS) is 19.9. The molecule has 0 radical (unpaired) electrons. The molecule has 2 aliphatic heterocycles. The molecule has 2 aromatic rings. The van der Waals surface area contributed by atoms with Gasteiger partial charge in [-0.05, 0) is 69.1 Å². The summed E-state index contributed by atoms with van der Waals surface area (Å²) in [4.78, 5) is 2.33. The third-order valence-electron chi connectivity index (χ3n) is 5.96. The SMILES string of the molecule is O=S(=O)(c1ccccc1)c1ccc(Cl)c(S(=O)(=O)N2CCC(N3CCCC3)CC2)c1. The van der Waals surface area contributed by atoms with Gasteiger partial charge in [-0.25, -0.2) is 16.8 Å². The highest BCUT2D eigenvalue weighted by atomic mass is 35.5. The van der Waals surface area contributed by atoms with E-state index >= 15 is 0 Å². The molecule has 0 saturated carbocycles. The van der Waals surface area contributed by atoms with Crippen LogP contribution in [0.15, 0.2) is 63.2 Å². The molecule has 2 aliphatic rings. The Hall–Kier alpha value is -1.45. The lowest BCUT2D eigenvalue weighted by atomic mass is 10.1. The molecule has 0 spiro atoms. The largest absolute Gasteiger partial charge is 0.300 e. The van der Waals surface area contributed by atoms with Gasteiger partial charge in [0.15, 0.2) is 0 Å². The van der Waals surface area contributed by atoms with Gasteiger partial charge < -0.3 is 4.90 Å². The van der Waals surface area contributed by atoms with Crippen LogP contribution < -0.4 is 0 Å². The maximum Gasteiger partial charge on any atom is 0.244 e. The zero-order chi connectivity index (χ0) is 21.4. The number of piperidine rings is 1. The Morgan fingerprint density at radius 3 is 2.07 bits per heavy atom. The van der Waals surface area contributed by atoms with E-state index in [2.05, 4.69) is 4.90 Å². The van der Waals surface area contributed by atoms with E-state index in [1.165, 1.54) is 47.5 Å². The molecule has 2 heterocycles. The Morgan fingerprint density at radius 1 is 0.800 bits per heavy atom. The topological polar surface area (TPSA) is 74.8 Å². The average molecular weight is 469 g/mol. The summed E-state index contributed by atoms with van der Waals surface area (Å²) >= 11 is 6.22. The van der Waals surface area contributed by atoms with Crippen molar-refractivity contribution in [1.82, 2.24) is 9.21 Å². The quantitative estimate of drug-likeness (QED) is 0.672. The summed E-state index contributed by atoms with van der Waals surface area (Å²) in [7, 11) is -7.72. The van der Waals surface area contributed by atoms with Crippen molar-refractivity contribution in [1.29, 1.82) is 0 Å². The van der Waals surface area contributed by atoms with Crippen molar-refractivity contribution in [2.45, 2.75) is 46.4 Å². The van der Waals surface area contributed by atoms with E-state index < -0.39 is 19.9 Å². The Bertz CT molecular complexity index is 1110. The number of likely N-dealkylation sites (tertiary alicyclic amines) is 1. The van der Waals surface area contributed by atoms with Crippen molar-refractivity contribution in [2.75, 3.05) is 26.2 Å². The lowest BCUT2D eigenvalue weighted by Gasteiger charge is -2.36. The van der Waals surface area contributed by atoms with E-state index in [1.807, 2.05) is 0 Å². The van der Waals surface area contributed by atoms with Crippen LogP contribution in [0.3, 0.4) is 0 Å². The lowest BCUT2D eigenvalue weighted by Crippen LogP contribution is -2.45. The van der Waals surface area contributed by atoms with E-state index in [0.29, 0.717) is 19.1 Å². The van der Waals surface area contributed by atoms with E-state index in [4.69, 9.17) is 11.6 Å². The summed E-state index contributed by atoms with van der Waals surface area (Å²) in [5.74, 6) is 0. The second kappa shape index (κ2) is 8.59. The van der Waals surface area contributed by atoms with Crippen molar-refractivity contribution in [2.24, 2.45) is 0 Å². The van der Waals surface area contributed by atoms with Crippen molar-refractivity contribution in [3.8, 4) is 0 Å².